The first kappa shape index (κ1) is 19.9. The molecule has 5 rings (SSSR count). The Hall–Kier alpha value is -4.00. The lowest BCUT2D eigenvalue weighted by atomic mass is 10.1. The van der Waals surface area contributed by atoms with Crippen molar-refractivity contribution < 1.29 is 19.0 Å². The van der Waals surface area contributed by atoms with E-state index in [1.165, 1.54) is 5.56 Å². The lowest BCUT2D eigenvalue weighted by Gasteiger charge is -2.18. The second-order valence-electron chi connectivity index (χ2n) is 7.87. The summed E-state index contributed by atoms with van der Waals surface area (Å²) >= 11 is 0. The second kappa shape index (κ2) is 8.26. The smallest absolute Gasteiger partial charge is 0.253 e. The largest absolute Gasteiger partial charge is 0.487 e. The number of carbonyl (C=O) groups excluding carboxylic acids is 1. The van der Waals surface area contributed by atoms with Crippen molar-refractivity contribution in [2.75, 3.05) is 13.8 Å². The van der Waals surface area contributed by atoms with E-state index in [0.717, 1.165) is 22.7 Å². The van der Waals surface area contributed by atoms with Gasteiger partial charge in [-0.25, -0.2) is 4.98 Å². The molecule has 0 N–H and O–H groups in total. The van der Waals surface area contributed by atoms with Crippen LogP contribution in [0.25, 0.3) is 5.65 Å². The van der Waals surface area contributed by atoms with E-state index in [0.29, 0.717) is 30.2 Å². The second-order valence-corrected chi connectivity index (χ2v) is 7.87. The molecule has 0 fully saturated rings. The Morgan fingerprint density at radius 3 is 2.72 bits per heavy atom. The molecule has 32 heavy (non-hydrogen) atoms. The summed E-state index contributed by atoms with van der Waals surface area (Å²) in [5, 5.41) is 0. The molecule has 3 heterocycles. The quantitative estimate of drug-likeness (QED) is 0.459. The zero-order valence-corrected chi connectivity index (χ0v) is 17.9. The van der Waals surface area contributed by atoms with Crippen molar-refractivity contribution in [1.82, 2.24) is 14.3 Å². The van der Waals surface area contributed by atoms with Crippen LogP contribution in [0.5, 0.6) is 17.2 Å². The van der Waals surface area contributed by atoms with E-state index >= 15 is 0 Å². The van der Waals surface area contributed by atoms with E-state index in [9.17, 15) is 4.79 Å². The first-order valence-electron chi connectivity index (χ1n) is 10.4. The molecule has 0 saturated heterocycles. The van der Waals surface area contributed by atoms with Crippen LogP contribution >= 0.6 is 0 Å². The molecule has 0 saturated carbocycles. The highest BCUT2D eigenvalue weighted by Gasteiger charge is 2.16. The molecule has 2 aromatic heterocycles. The van der Waals surface area contributed by atoms with E-state index in [1.54, 1.807) is 24.1 Å². The fraction of sp³-hybridized carbons (Fsp3) is 0.200. The minimum Gasteiger partial charge on any atom is -0.487 e. The van der Waals surface area contributed by atoms with Crippen LogP contribution in [0.3, 0.4) is 0 Å². The lowest BCUT2D eigenvalue weighted by molar-refractivity contribution is 0.0785. The van der Waals surface area contributed by atoms with Gasteiger partial charge in [0.25, 0.3) is 5.91 Å². The molecule has 7 heteroatoms. The molecule has 1 amide bonds. The Balaban J connectivity index is 1.20. The maximum Gasteiger partial charge on any atom is 0.253 e. The number of fused-ring (bicyclic) bond motifs is 2. The molecule has 0 aliphatic carbocycles. The standard InChI is InChI=1S/C25H23N3O4/c1-17-3-10-24-26-20(14-28(24)12-17)15-30-21-7-5-19(6-8-21)25(29)27(2)13-18-4-9-22-23(11-18)32-16-31-22/h3-12,14H,13,15-16H2,1-2H3. The number of rotatable bonds is 6. The molecule has 0 radical (unpaired) electrons. The maximum atomic E-state index is 12.8. The summed E-state index contributed by atoms with van der Waals surface area (Å²) in [6.45, 7) is 3.11. The van der Waals surface area contributed by atoms with E-state index in [1.807, 2.05) is 66.2 Å². The summed E-state index contributed by atoms with van der Waals surface area (Å²) < 4.78 is 18.6. The number of hydrogen-bond acceptors (Lipinski definition) is 5. The monoisotopic (exact) mass is 429 g/mol. The molecule has 0 unspecified atom stereocenters. The van der Waals surface area contributed by atoms with Crippen molar-refractivity contribution in [3.8, 4) is 17.2 Å². The molecule has 1 aliphatic heterocycles. The van der Waals surface area contributed by atoms with Gasteiger partial charge in [-0.2, -0.15) is 0 Å². The highest BCUT2D eigenvalue weighted by Crippen LogP contribution is 2.32. The Kier molecular flexibility index (Phi) is 5.15. The number of amides is 1. The molecule has 7 nitrogen and oxygen atoms in total. The van der Waals surface area contributed by atoms with Gasteiger partial charge in [0, 0.05) is 31.5 Å². The fourth-order valence-corrected chi connectivity index (χ4v) is 3.68. The van der Waals surface area contributed by atoms with Crippen LogP contribution in [0.2, 0.25) is 0 Å². The average molecular weight is 429 g/mol. The van der Waals surface area contributed by atoms with Gasteiger partial charge >= 0.3 is 0 Å². The van der Waals surface area contributed by atoms with E-state index in [4.69, 9.17) is 14.2 Å². The van der Waals surface area contributed by atoms with Gasteiger partial charge in [-0.15, -0.1) is 0 Å². The zero-order valence-electron chi connectivity index (χ0n) is 17.9. The molecule has 2 aromatic carbocycles. The van der Waals surface area contributed by atoms with Gasteiger partial charge in [0.2, 0.25) is 6.79 Å². The van der Waals surface area contributed by atoms with Crippen LogP contribution in [0.4, 0.5) is 0 Å². The SMILES string of the molecule is Cc1ccc2nc(COc3ccc(C(=O)N(C)Cc4ccc5c(c4)OCO5)cc3)cn2c1. The highest BCUT2D eigenvalue weighted by molar-refractivity contribution is 5.94. The van der Waals surface area contributed by atoms with E-state index < -0.39 is 0 Å². The molecular formula is C25H23N3O4. The highest BCUT2D eigenvalue weighted by atomic mass is 16.7. The fourth-order valence-electron chi connectivity index (χ4n) is 3.68. The third kappa shape index (κ3) is 4.09. The van der Waals surface area contributed by atoms with Crippen molar-refractivity contribution in [3.63, 3.8) is 0 Å². The van der Waals surface area contributed by atoms with Crippen LogP contribution in [0, 0.1) is 6.92 Å². The van der Waals surface area contributed by atoms with Crippen LogP contribution < -0.4 is 14.2 Å². The van der Waals surface area contributed by atoms with Crippen molar-refractivity contribution >= 4 is 11.6 Å². The van der Waals surface area contributed by atoms with Crippen molar-refractivity contribution in [2.24, 2.45) is 0 Å². The molecule has 0 atom stereocenters. The van der Waals surface area contributed by atoms with Gasteiger partial charge in [-0.05, 0) is 60.5 Å². The molecule has 0 spiro atoms. The van der Waals surface area contributed by atoms with Gasteiger partial charge in [-0.3, -0.25) is 4.79 Å². The topological polar surface area (TPSA) is 65.3 Å². The number of benzene rings is 2. The molecule has 162 valence electrons. The summed E-state index contributed by atoms with van der Waals surface area (Å²) in [6, 6.07) is 16.9. The molecule has 1 aliphatic rings. The summed E-state index contributed by atoms with van der Waals surface area (Å²) in [5.74, 6) is 2.07. The molecular weight excluding hydrogens is 406 g/mol. The first-order valence-corrected chi connectivity index (χ1v) is 10.4. The predicted molar refractivity (Wildman–Crippen MR) is 119 cm³/mol. The molecule has 4 aromatic rings. The summed E-state index contributed by atoms with van der Waals surface area (Å²) in [6.07, 6.45) is 4.00. The van der Waals surface area contributed by atoms with E-state index in [2.05, 4.69) is 4.98 Å². The van der Waals surface area contributed by atoms with Crippen molar-refractivity contribution in [1.29, 1.82) is 0 Å². The lowest BCUT2D eigenvalue weighted by Crippen LogP contribution is -2.26. The average Bonchev–Trinajstić information content (AvgIpc) is 3.43. The Labute approximate surface area is 185 Å². The maximum absolute atomic E-state index is 12.8. The minimum atomic E-state index is -0.0649. The molecule has 0 bridgehead atoms. The third-order valence-corrected chi connectivity index (χ3v) is 5.34. The normalized spacial score (nSPS) is 12.2. The summed E-state index contributed by atoms with van der Waals surface area (Å²) in [5.41, 5.74) is 4.49. The van der Waals surface area contributed by atoms with E-state index in [-0.39, 0.29) is 12.7 Å². The number of imidazole rings is 1. The zero-order chi connectivity index (χ0) is 22.1. The van der Waals surface area contributed by atoms with Crippen LogP contribution in [0.1, 0.15) is 27.2 Å². The van der Waals surface area contributed by atoms with Crippen LogP contribution in [-0.4, -0.2) is 34.0 Å². The summed E-state index contributed by atoms with van der Waals surface area (Å²) in [4.78, 5) is 19.0. The van der Waals surface area contributed by atoms with Crippen LogP contribution in [0.15, 0.2) is 67.0 Å². The number of ether oxygens (including phenoxy) is 3. The Morgan fingerprint density at radius 2 is 1.88 bits per heavy atom. The predicted octanol–water partition coefficient (Wildman–Crippen LogP) is 4.22. The van der Waals surface area contributed by atoms with Gasteiger partial charge in [0.05, 0.1) is 5.69 Å². The van der Waals surface area contributed by atoms with Gasteiger partial charge in [-0.1, -0.05) is 12.1 Å². The summed E-state index contributed by atoms with van der Waals surface area (Å²) in [7, 11) is 1.78. The van der Waals surface area contributed by atoms with Gasteiger partial charge < -0.3 is 23.5 Å². The van der Waals surface area contributed by atoms with Crippen molar-refractivity contribution in [3.05, 3.63) is 89.4 Å². The number of hydrogen-bond donors (Lipinski definition) is 0. The minimum absolute atomic E-state index is 0.0649. The number of aromatic nitrogens is 2. The number of carbonyl (C=O) groups is 1. The Morgan fingerprint density at radius 1 is 1.06 bits per heavy atom. The van der Waals surface area contributed by atoms with Crippen LogP contribution in [-0.2, 0) is 13.2 Å². The number of nitrogens with zero attached hydrogens (tertiary/aromatic N) is 3. The van der Waals surface area contributed by atoms with Crippen molar-refractivity contribution in [2.45, 2.75) is 20.1 Å². The van der Waals surface area contributed by atoms with Gasteiger partial charge in [0.15, 0.2) is 11.5 Å². The Bertz CT molecular complexity index is 1280. The number of pyridine rings is 1. The number of aryl methyl sites for hydroxylation is 1. The first-order chi connectivity index (χ1) is 15.5. The third-order valence-electron chi connectivity index (χ3n) is 5.34. The van der Waals surface area contributed by atoms with Gasteiger partial charge in [0.1, 0.15) is 18.0 Å².